The van der Waals surface area contributed by atoms with Crippen molar-refractivity contribution in [1.29, 1.82) is 0 Å². The first-order valence-corrected chi connectivity index (χ1v) is 6.58. The lowest BCUT2D eigenvalue weighted by atomic mass is 9.87. The van der Waals surface area contributed by atoms with Crippen LogP contribution < -0.4 is 16.8 Å². The van der Waals surface area contributed by atoms with Gasteiger partial charge in [0.1, 0.15) is 18.7 Å². The van der Waals surface area contributed by atoms with Gasteiger partial charge in [0.15, 0.2) is 17.6 Å². The minimum absolute atomic E-state index is 0.0647. The molecule has 116 valence electrons. The van der Waals surface area contributed by atoms with E-state index in [0.29, 0.717) is 6.54 Å². The number of esters is 1. The Hall–Kier alpha value is -2.07. The van der Waals surface area contributed by atoms with Crippen LogP contribution in [0, 0.1) is 0 Å². The Labute approximate surface area is 120 Å². The van der Waals surface area contributed by atoms with Gasteiger partial charge in [-0.1, -0.05) is 0 Å². The zero-order valence-electron chi connectivity index (χ0n) is 11.5. The summed E-state index contributed by atoms with van der Waals surface area (Å²) in [6, 6.07) is -1.36. The van der Waals surface area contributed by atoms with E-state index in [4.69, 9.17) is 16.2 Å². The Bertz CT molecular complexity index is 547. The lowest BCUT2D eigenvalue weighted by molar-refractivity contribution is -0.221. The number of hydrogen-bond donors (Lipinski definition) is 5. The van der Waals surface area contributed by atoms with Gasteiger partial charge in [0.25, 0.3) is 0 Å². The number of rotatable bonds is 2. The molecule has 0 saturated carbocycles. The molecule has 21 heavy (non-hydrogen) atoms. The van der Waals surface area contributed by atoms with E-state index in [1.54, 1.807) is 4.90 Å². The van der Waals surface area contributed by atoms with E-state index < -0.39 is 29.5 Å². The normalized spacial score (nSPS) is 36.2. The molecule has 0 aliphatic carbocycles. The highest BCUT2D eigenvalue weighted by Crippen LogP contribution is 2.44. The number of hydrogen-bond acceptors (Lipinski definition) is 10. The predicted molar refractivity (Wildman–Crippen MR) is 71.8 cm³/mol. The third-order valence-electron chi connectivity index (χ3n) is 4.14. The molecule has 10 heteroatoms. The summed E-state index contributed by atoms with van der Waals surface area (Å²) in [5.74, 6) is -2.35. The van der Waals surface area contributed by atoms with Crippen molar-refractivity contribution in [2.45, 2.75) is 36.9 Å². The molecule has 3 rings (SSSR count). The summed E-state index contributed by atoms with van der Waals surface area (Å²) in [4.78, 5) is 21.0. The largest absolute Gasteiger partial charge is 0.464 e. The molecule has 1 fully saturated rings. The minimum Gasteiger partial charge on any atom is -0.464 e. The van der Waals surface area contributed by atoms with E-state index in [1.165, 1.54) is 6.92 Å². The molecule has 3 heterocycles. The number of nitrogens with two attached hydrogens (primary N) is 2. The van der Waals surface area contributed by atoms with Crippen molar-refractivity contribution in [2.24, 2.45) is 21.5 Å². The molecule has 3 atom stereocenters. The summed E-state index contributed by atoms with van der Waals surface area (Å²) < 4.78 is 4.97. The first-order valence-electron chi connectivity index (χ1n) is 6.58. The lowest BCUT2D eigenvalue weighted by Crippen LogP contribution is -2.76. The van der Waals surface area contributed by atoms with Gasteiger partial charge in [-0.2, -0.15) is 0 Å². The quantitative estimate of drug-likeness (QED) is 0.261. The van der Waals surface area contributed by atoms with Crippen molar-refractivity contribution in [3.8, 4) is 0 Å². The maximum absolute atomic E-state index is 11.0. The Kier molecular flexibility index (Phi) is 2.79. The highest BCUT2D eigenvalue weighted by molar-refractivity contribution is 5.87. The molecule has 7 N–H and O–H groups in total. The van der Waals surface area contributed by atoms with E-state index in [9.17, 15) is 15.0 Å². The van der Waals surface area contributed by atoms with E-state index >= 15 is 0 Å². The highest BCUT2D eigenvalue weighted by Gasteiger charge is 2.69. The summed E-state index contributed by atoms with van der Waals surface area (Å²) in [5.41, 5.74) is 10.3. The van der Waals surface area contributed by atoms with Crippen molar-refractivity contribution in [2.75, 3.05) is 13.2 Å². The molecule has 3 aliphatic rings. The van der Waals surface area contributed by atoms with Crippen LogP contribution in [0.3, 0.4) is 0 Å². The number of nitrogens with zero attached hydrogens (tertiary/aromatic N) is 3. The van der Waals surface area contributed by atoms with Crippen molar-refractivity contribution in [3.05, 3.63) is 0 Å². The fourth-order valence-electron chi connectivity index (χ4n) is 3.26. The minimum atomic E-state index is -2.09. The first kappa shape index (κ1) is 13.9. The second kappa shape index (κ2) is 4.21. The Morgan fingerprint density at radius 3 is 2.90 bits per heavy atom. The molecule has 1 saturated heterocycles. The van der Waals surface area contributed by atoms with Crippen LogP contribution in [0.1, 0.15) is 13.3 Å². The van der Waals surface area contributed by atoms with Crippen LogP contribution >= 0.6 is 0 Å². The van der Waals surface area contributed by atoms with E-state index in [0.717, 1.165) is 0 Å². The average Bonchev–Trinajstić information content (AvgIpc) is 2.85. The second-order valence-electron chi connectivity index (χ2n) is 5.43. The number of carbonyl (C=O) groups is 1. The molecule has 10 nitrogen and oxygen atoms in total. The number of ether oxygens (including phenoxy) is 1. The summed E-state index contributed by atoms with van der Waals surface area (Å²) in [6.07, 6.45) is 0.0653. The number of aliphatic imine (C=N–C) groups is 2. The molecule has 0 amide bonds. The Balaban J connectivity index is 2.01. The van der Waals surface area contributed by atoms with E-state index in [1.807, 2.05) is 0 Å². The monoisotopic (exact) mass is 298 g/mol. The van der Waals surface area contributed by atoms with Crippen molar-refractivity contribution < 1.29 is 19.7 Å². The van der Waals surface area contributed by atoms with Crippen LogP contribution in [-0.2, 0) is 9.53 Å². The van der Waals surface area contributed by atoms with Crippen LogP contribution in [0.4, 0.5) is 0 Å². The van der Waals surface area contributed by atoms with E-state index in [2.05, 4.69) is 15.3 Å². The van der Waals surface area contributed by atoms with Gasteiger partial charge in [0.05, 0.1) is 0 Å². The highest BCUT2D eigenvalue weighted by atomic mass is 16.5. The van der Waals surface area contributed by atoms with Gasteiger partial charge in [0, 0.05) is 19.9 Å². The average molecular weight is 298 g/mol. The maximum Gasteiger partial charge on any atom is 0.302 e. The summed E-state index contributed by atoms with van der Waals surface area (Å²) in [7, 11) is 0. The molecule has 0 bridgehead atoms. The molecule has 3 aliphatic heterocycles. The van der Waals surface area contributed by atoms with Crippen LogP contribution in [0.2, 0.25) is 0 Å². The fourth-order valence-corrected chi connectivity index (χ4v) is 3.26. The SMILES string of the molecule is CC(=O)OCC1N=C(N)N2CCC(O)(O)C23NC(N)=NC13. The lowest BCUT2D eigenvalue weighted by Gasteiger charge is -2.48. The van der Waals surface area contributed by atoms with Gasteiger partial charge in [-0.05, 0) is 0 Å². The maximum atomic E-state index is 11.0. The zero-order valence-corrected chi connectivity index (χ0v) is 11.5. The van der Waals surface area contributed by atoms with Crippen LogP contribution in [0.5, 0.6) is 0 Å². The van der Waals surface area contributed by atoms with Crippen molar-refractivity contribution in [1.82, 2.24) is 10.2 Å². The third-order valence-corrected chi connectivity index (χ3v) is 4.14. The molecular formula is C11H18N6O4. The number of carbonyl (C=O) groups excluding carboxylic acids is 1. The van der Waals surface area contributed by atoms with Crippen molar-refractivity contribution in [3.63, 3.8) is 0 Å². The zero-order chi connectivity index (χ0) is 15.4. The molecule has 0 aromatic heterocycles. The Morgan fingerprint density at radius 1 is 1.52 bits per heavy atom. The van der Waals surface area contributed by atoms with Crippen LogP contribution in [0.15, 0.2) is 9.98 Å². The summed E-state index contributed by atoms with van der Waals surface area (Å²) in [5, 5.41) is 23.6. The van der Waals surface area contributed by atoms with Gasteiger partial charge in [-0.25, -0.2) is 9.98 Å². The molecule has 0 aromatic carbocycles. The van der Waals surface area contributed by atoms with Crippen LogP contribution in [0.25, 0.3) is 0 Å². The second-order valence-corrected chi connectivity index (χ2v) is 5.43. The van der Waals surface area contributed by atoms with Gasteiger partial charge in [0.2, 0.25) is 5.79 Å². The smallest absolute Gasteiger partial charge is 0.302 e. The van der Waals surface area contributed by atoms with Gasteiger partial charge in [-0.3, -0.25) is 4.79 Å². The van der Waals surface area contributed by atoms with Gasteiger partial charge < -0.3 is 36.6 Å². The molecular weight excluding hydrogens is 280 g/mol. The van der Waals surface area contributed by atoms with Crippen LogP contribution in [-0.4, -0.2) is 69.7 Å². The first-order chi connectivity index (χ1) is 9.78. The van der Waals surface area contributed by atoms with Crippen molar-refractivity contribution >= 4 is 17.9 Å². The standard InChI is InChI=1S/C11H18N6O4/c1-5(18)21-4-6-7-11(16-8(12)15-7)10(19,20)2-3-17(11)9(13)14-6/h6-7,19-20H,2-4H2,1H3,(H2,13,14)(H3,12,15,16). The number of nitrogens with one attached hydrogen (secondary N) is 1. The summed E-state index contributed by atoms with van der Waals surface area (Å²) in [6.45, 7) is 1.51. The van der Waals surface area contributed by atoms with E-state index in [-0.39, 0.29) is 24.9 Å². The predicted octanol–water partition coefficient (Wildman–Crippen LogP) is -3.38. The molecule has 0 aromatic rings. The summed E-state index contributed by atoms with van der Waals surface area (Å²) >= 11 is 0. The molecule has 0 radical (unpaired) electrons. The van der Waals surface area contributed by atoms with Gasteiger partial charge in [-0.15, -0.1) is 0 Å². The third kappa shape index (κ3) is 1.75. The molecule has 3 unspecified atom stereocenters. The fraction of sp³-hybridized carbons (Fsp3) is 0.727. The topological polar surface area (TPSA) is 159 Å². The molecule has 1 spiro atoms. The number of guanidine groups is 2. The Morgan fingerprint density at radius 2 is 2.24 bits per heavy atom. The number of aliphatic hydroxyl groups is 2. The van der Waals surface area contributed by atoms with Gasteiger partial charge >= 0.3 is 5.97 Å².